The predicted octanol–water partition coefficient (Wildman–Crippen LogP) is 4.39. The number of Topliss-reactive ketones (excluding diaryl/α,β-unsaturated/α-hetero) is 1. The van der Waals surface area contributed by atoms with E-state index in [-0.39, 0.29) is 5.78 Å². The number of rotatable bonds is 3. The van der Waals surface area contributed by atoms with Crippen LogP contribution in [0.2, 0.25) is 0 Å². The van der Waals surface area contributed by atoms with Crippen LogP contribution in [-0.2, 0) is 12.8 Å². The fourth-order valence-corrected chi connectivity index (χ4v) is 3.44. The van der Waals surface area contributed by atoms with Crippen molar-refractivity contribution in [2.24, 2.45) is 0 Å². The van der Waals surface area contributed by atoms with Gasteiger partial charge in [0.15, 0.2) is 5.78 Å². The van der Waals surface area contributed by atoms with E-state index in [1.165, 1.54) is 24.0 Å². The van der Waals surface area contributed by atoms with E-state index in [9.17, 15) is 4.79 Å². The molecule has 0 saturated heterocycles. The second-order valence-corrected chi connectivity index (χ2v) is 6.56. The van der Waals surface area contributed by atoms with Crippen molar-refractivity contribution in [3.63, 3.8) is 0 Å². The zero-order valence-corrected chi connectivity index (χ0v) is 13.5. The Kier molecular flexibility index (Phi) is 3.66. The van der Waals surface area contributed by atoms with Crippen molar-refractivity contribution in [2.75, 3.05) is 0 Å². The lowest BCUT2D eigenvalue weighted by Gasteiger charge is -2.12. The highest BCUT2D eigenvalue weighted by molar-refractivity contribution is 6.33. The maximum Gasteiger partial charge on any atom is 0.182 e. The van der Waals surface area contributed by atoms with E-state index in [0.29, 0.717) is 0 Å². The first-order chi connectivity index (χ1) is 9.99. The second kappa shape index (κ2) is 5.34. The first-order valence-electron chi connectivity index (χ1n) is 7.48. The summed E-state index contributed by atoms with van der Waals surface area (Å²) in [4.78, 5) is 12.2. The molecule has 3 heteroatoms. The molecule has 0 aliphatic heterocycles. The lowest BCUT2D eigenvalue weighted by Crippen LogP contribution is -2.11. The molecule has 1 aromatic heterocycles. The summed E-state index contributed by atoms with van der Waals surface area (Å²) in [5.41, 5.74) is 6.84. The van der Waals surface area contributed by atoms with Crippen LogP contribution in [0.5, 0.6) is 0 Å². The first kappa shape index (κ1) is 14.4. The summed E-state index contributed by atoms with van der Waals surface area (Å²) >= 11 is 5.96. The molecule has 2 nitrogen and oxygen atoms in total. The molecule has 0 bridgehead atoms. The van der Waals surface area contributed by atoms with Crippen LogP contribution in [-0.4, -0.2) is 15.7 Å². The van der Waals surface area contributed by atoms with Gasteiger partial charge in [0.05, 0.1) is 5.38 Å². The van der Waals surface area contributed by atoms with Crippen molar-refractivity contribution >= 4 is 17.4 Å². The number of fused-ring (bicyclic) bond motifs is 1. The van der Waals surface area contributed by atoms with Gasteiger partial charge in [0.25, 0.3) is 0 Å². The van der Waals surface area contributed by atoms with E-state index < -0.39 is 5.38 Å². The smallest absolute Gasteiger partial charge is 0.182 e. The quantitative estimate of drug-likeness (QED) is 0.608. The van der Waals surface area contributed by atoms with Crippen LogP contribution in [0.3, 0.4) is 0 Å². The highest BCUT2D eigenvalue weighted by Gasteiger charge is 2.20. The Morgan fingerprint density at radius 1 is 1.19 bits per heavy atom. The third-order valence-corrected chi connectivity index (χ3v) is 4.60. The highest BCUT2D eigenvalue weighted by Crippen LogP contribution is 2.28. The van der Waals surface area contributed by atoms with Gasteiger partial charge in [0.2, 0.25) is 0 Å². The van der Waals surface area contributed by atoms with Crippen LogP contribution in [0.1, 0.15) is 46.2 Å². The molecular weight excluding hydrogens is 282 g/mol. The highest BCUT2D eigenvalue weighted by atomic mass is 35.5. The zero-order valence-electron chi connectivity index (χ0n) is 12.7. The van der Waals surface area contributed by atoms with Crippen LogP contribution < -0.4 is 0 Å². The number of hydrogen-bond acceptors (Lipinski definition) is 1. The standard InChI is InChI=1S/C18H20ClNO/c1-11-9-17(18(21)12(2)19)13(3)20(11)16-8-7-14-5-4-6-15(14)10-16/h7-10,12H,4-6H2,1-3H3. The minimum absolute atomic E-state index is 0.00261. The monoisotopic (exact) mass is 301 g/mol. The van der Waals surface area contributed by atoms with E-state index >= 15 is 0 Å². The number of aromatic nitrogens is 1. The molecule has 0 fully saturated rings. The van der Waals surface area contributed by atoms with Crippen LogP contribution in [0.15, 0.2) is 24.3 Å². The molecule has 1 aliphatic rings. The van der Waals surface area contributed by atoms with Crippen molar-refractivity contribution in [1.82, 2.24) is 4.57 Å². The van der Waals surface area contributed by atoms with Crippen LogP contribution >= 0.6 is 11.6 Å². The predicted molar refractivity (Wildman–Crippen MR) is 86.9 cm³/mol. The number of benzene rings is 1. The number of nitrogens with zero attached hydrogens (tertiary/aromatic N) is 1. The van der Waals surface area contributed by atoms with Gasteiger partial charge in [-0.05, 0) is 69.4 Å². The molecule has 0 radical (unpaired) electrons. The molecule has 0 amide bonds. The maximum atomic E-state index is 12.2. The Hall–Kier alpha value is -1.54. The van der Waals surface area contributed by atoms with Crippen molar-refractivity contribution in [3.8, 4) is 5.69 Å². The Morgan fingerprint density at radius 2 is 1.90 bits per heavy atom. The molecule has 0 saturated carbocycles. The molecular formula is C18H20ClNO. The van der Waals surface area contributed by atoms with Crippen molar-refractivity contribution in [2.45, 2.75) is 45.4 Å². The van der Waals surface area contributed by atoms with Crippen molar-refractivity contribution in [1.29, 1.82) is 0 Å². The average molecular weight is 302 g/mol. The summed E-state index contributed by atoms with van der Waals surface area (Å²) in [6.07, 6.45) is 3.59. The van der Waals surface area contributed by atoms with Gasteiger partial charge in [-0.2, -0.15) is 0 Å². The Balaban J connectivity index is 2.09. The van der Waals surface area contributed by atoms with Gasteiger partial charge in [0, 0.05) is 22.6 Å². The van der Waals surface area contributed by atoms with Gasteiger partial charge in [0.1, 0.15) is 0 Å². The number of hydrogen-bond donors (Lipinski definition) is 0. The topological polar surface area (TPSA) is 22.0 Å². The molecule has 1 heterocycles. The lowest BCUT2D eigenvalue weighted by molar-refractivity contribution is 0.0991. The summed E-state index contributed by atoms with van der Waals surface area (Å²) in [6.45, 7) is 5.76. The van der Waals surface area contributed by atoms with E-state index in [2.05, 4.69) is 22.8 Å². The van der Waals surface area contributed by atoms with Crippen molar-refractivity contribution in [3.05, 3.63) is 52.3 Å². The molecule has 1 unspecified atom stereocenters. The van der Waals surface area contributed by atoms with Gasteiger partial charge in [-0.25, -0.2) is 0 Å². The van der Waals surface area contributed by atoms with Crippen LogP contribution in [0, 0.1) is 13.8 Å². The SMILES string of the molecule is Cc1cc(C(=O)C(C)Cl)c(C)n1-c1ccc2c(c1)CCC2. The lowest BCUT2D eigenvalue weighted by atomic mass is 10.1. The second-order valence-electron chi connectivity index (χ2n) is 5.91. The summed E-state index contributed by atoms with van der Waals surface area (Å²) < 4.78 is 2.16. The number of alkyl halides is 1. The van der Waals surface area contributed by atoms with E-state index in [0.717, 1.165) is 29.1 Å². The van der Waals surface area contributed by atoms with Gasteiger partial charge >= 0.3 is 0 Å². The summed E-state index contributed by atoms with van der Waals surface area (Å²) in [5.74, 6) is -0.00261. The summed E-state index contributed by atoms with van der Waals surface area (Å²) in [5, 5.41) is -0.487. The molecule has 1 aromatic carbocycles. The third kappa shape index (κ3) is 2.42. The minimum atomic E-state index is -0.487. The molecule has 110 valence electrons. The summed E-state index contributed by atoms with van der Waals surface area (Å²) in [6, 6.07) is 8.59. The Morgan fingerprint density at radius 3 is 2.62 bits per heavy atom. The van der Waals surface area contributed by atoms with Gasteiger partial charge in [-0.15, -0.1) is 11.6 Å². The molecule has 0 spiro atoms. The molecule has 21 heavy (non-hydrogen) atoms. The molecule has 2 aromatic rings. The molecule has 3 rings (SSSR count). The normalized spacial score (nSPS) is 15.0. The Bertz CT molecular complexity index is 712. The maximum absolute atomic E-state index is 12.2. The average Bonchev–Trinajstić information content (AvgIpc) is 3.01. The third-order valence-electron chi connectivity index (χ3n) is 4.40. The van der Waals surface area contributed by atoms with E-state index in [4.69, 9.17) is 11.6 Å². The molecule has 1 aliphatic carbocycles. The Labute approximate surface area is 130 Å². The first-order valence-corrected chi connectivity index (χ1v) is 7.92. The van der Waals surface area contributed by atoms with Gasteiger partial charge in [-0.1, -0.05) is 6.07 Å². The number of aryl methyl sites for hydroxylation is 3. The molecule has 0 N–H and O–H groups in total. The number of carbonyl (C=O) groups excluding carboxylic acids is 1. The number of ketones is 1. The number of halogens is 1. The zero-order chi connectivity index (χ0) is 15.1. The largest absolute Gasteiger partial charge is 0.318 e. The fourth-order valence-electron chi connectivity index (χ4n) is 3.32. The van der Waals surface area contributed by atoms with Gasteiger partial charge in [-0.3, -0.25) is 4.79 Å². The van der Waals surface area contributed by atoms with Crippen molar-refractivity contribution < 1.29 is 4.79 Å². The van der Waals surface area contributed by atoms with E-state index in [1.807, 2.05) is 19.9 Å². The van der Waals surface area contributed by atoms with Crippen LogP contribution in [0.4, 0.5) is 0 Å². The van der Waals surface area contributed by atoms with Gasteiger partial charge < -0.3 is 4.57 Å². The molecule has 1 atom stereocenters. The minimum Gasteiger partial charge on any atom is -0.318 e. The fraction of sp³-hybridized carbons (Fsp3) is 0.389. The summed E-state index contributed by atoms with van der Waals surface area (Å²) in [7, 11) is 0. The number of carbonyl (C=O) groups is 1. The van der Waals surface area contributed by atoms with E-state index in [1.54, 1.807) is 6.92 Å². The van der Waals surface area contributed by atoms with Crippen LogP contribution in [0.25, 0.3) is 5.69 Å².